The molecule has 0 aliphatic carbocycles. The number of thioether (sulfide) groups is 1. The van der Waals surface area contributed by atoms with Gasteiger partial charge in [-0.1, -0.05) is 6.92 Å². The lowest BCUT2D eigenvalue weighted by molar-refractivity contribution is -0.525. The van der Waals surface area contributed by atoms with Crippen LogP contribution in [0.2, 0.25) is 0 Å². The molecule has 6 nitrogen and oxygen atoms in total. The van der Waals surface area contributed by atoms with Crippen molar-refractivity contribution in [3.8, 4) is 6.19 Å². The number of aromatic nitrogens is 2. The van der Waals surface area contributed by atoms with Crippen LogP contribution >= 0.6 is 11.8 Å². The number of H-pyrrole nitrogens is 1. The van der Waals surface area contributed by atoms with E-state index in [1.54, 1.807) is 11.8 Å². The number of nitrogens with two attached hydrogens (primary N) is 1. The molecule has 0 aliphatic heterocycles. The third-order valence-electron chi connectivity index (χ3n) is 2.33. The number of nitrogens with zero attached hydrogens (tertiary/aromatic N) is 3. The molecule has 0 bridgehead atoms. The minimum atomic E-state index is 0.430. The van der Waals surface area contributed by atoms with Crippen LogP contribution < -0.4 is 11.1 Å². The van der Waals surface area contributed by atoms with Gasteiger partial charge >= 0.3 is 5.96 Å². The zero-order valence-electron chi connectivity index (χ0n) is 10.5. The average Bonchev–Trinajstić information content (AvgIpc) is 2.86. The summed E-state index contributed by atoms with van der Waals surface area (Å²) in [5, 5.41) is 17.9. The lowest BCUT2D eigenvalue weighted by Crippen LogP contribution is -2.39. The number of hydrogen-bond donors (Lipinski definition) is 3. The Kier molecular flexibility index (Phi) is 6.72. The maximum Gasteiger partial charge on any atom is 0.357 e. The van der Waals surface area contributed by atoms with E-state index in [0.717, 1.165) is 36.7 Å². The molecule has 0 aliphatic rings. The van der Waals surface area contributed by atoms with Crippen molar-refractivity contribution in [3.05, 3.63) is 18.0 Å². The fraction of sp³-hybridized carbons (Fsp3) is 0.545. The molecule has 1 aromatic heterocycles. The van der Waals surface area contributed by atoms with Crippen molar-refractivity contribution < 1.29 is 4.58 Å². The van der Waals surface area contributed by atoms with Crippen LogP contribution in [0.5, 0.6) is 0 Å². The molecule has 0 spiro atoms. The Hall–Kier alpha value is -1.68. The van der Waals surface area contributed by atoms with Crippen molar-refractivity contribution in [2.24, 2.45) is 5.73 Å². The van der Waals surface area contributed by atoms with E-state index in [1.807, 2.05) is 23.0 Å². The van der Waals surface area contributed by atoms with Gasteiger partial charge < -0.3 is 0 Å². The normalized spacial score (nSPS) is 11.8. The largest absolute Gasteiger partial charge is 0.357 e. The van der Waals surface area contributed by atoms with Crippen LogP contribution in [0, 0.1) is 11.5 Å². The van der Waals surface area contributed by atoms with Crippen molar-refractivity contribution in [1.29, 1.82) is 5.26 Å². The van der Waals surface area contributed by atoms with Gasteiger partial charge in [0.25, 0.3) is 6.19 Å². The second-order valence-corrected chi connectivity index (χ2v) is 4.83. The van der Waals surface area contributed by atoms with Gasteiger partial charge in [-0.3, -0.25) is 15.4 Å². The first-order chi connectivity index (χ1) is 8.77. The van der Waals surface area contributed by atoms with Crippen LogP contribution in [0.3, 0.4) is 0 Å². The monoisotopic (exact) mass is 267 g/mol. The van der Waals surface area contributed by atoms with Crippen LogP contribution in [-0.4, -0.2) is 39.6 Å². The average molecular weight is 267 g/mol. The van der Waals surface area contributed by atoms with Gasteiger partial charge in [-0.2, -0.15) is 27.4 Å². The summed E-state index contributed by atoms with van der Waals surface area (Å²) in [6.07, 6.45) is 4.66. The quantitative estimate of drug-likeness (QED) is 0.166. The number of nitriles is 1. The molecule has 0 aromatic carbocycles. The second-order valence-electron chi connectivity index (χ2n) is 3.73. The van der Waals surface area contributed by atoms with Crippen molar-refractivity contribution in [3.63, 3.8) is 0 Å². The molecule has 1 rings (SSSR count). The predicted octanol–water partition coefficient (Wildman–Crippen LogP) is 0.451. The molecule has 1 heterocycles. The van der Waals surface area contributed by atoms with E-state index in [1.165, 1.54) is 0 Å². The van der Waals surface area contributed by atoms with Crippen LogP contribution in [0.25, 0.3) is 0 Å². The smallest absolute Gasteiger partial charge is 0.290 e. The predicted molar refractivity (Wildman–Crippen MR) is 73.0 cm³/mol. The first-order valence-corrected chi connectivity index (χ1v) is 7.02. The number of aromatic amines is 1. The van der Waals surface area contributed by atoms with Gasteiger partial charge in [-0.25, -0.2) is 0 Å². The Morgan fingerprint density at radius 1 is 1.67 bits per heavy atom. The molecular formula is C11H19N6S+. The van der Waals surface area contributed by atoms with Crippen molar-refractivity contribution in [1.82, 2.24) is 15.5 Å². The van der Waals surface area contributed by atoms with Crippen LogP contribution in [0.4, 0.5) is 0 Å². The molecule has 0 atom stereocenters. The topological polar surface area (TPSA) is 93.5 Å². The van der Waals surface area contributed by atoms with Crippen molar-refractivity contribution >= 4 is 17.7 Å². The minimum Gasteiger partial charge on any atom is -0.290 e. The van der Waals surface area contributed by atoms with Crippen LogP contribution in [0.15, 0.2) is 12.3 Å². The maximum absolute atomic E-state index is 8.54. The van der Waals surface area contributed by atoms with Gasteiger partial charge in [0.15, 0.2) is 0 Å². The molecule has 0 saturated carbocycles. The van der Waals surface area contributed by atoms with E-state index in [9.17, 15) is 0 Å². The summed E-state index contributed by atoms with van der Waals surface area (Å²) < 4.78 is 1.99. The highest BCUT2D eigenvalue weighted by molar-refractivity contribution is 7.98. The molecule has 0 fully saturated rings. The third-order valence-corrected chi connectivity index (χ3v) is 3.30. The van der Waals surface area contributed by atoms with Gasteiger partial charge in [-0.15, -0.1) is 0 Å². The van der Waals surface area contributed by atoms with Crippen molar-refractivity contribution in [2.45, 2.75) is 19.1 Å². The van der Waals surface area contributed by atoms with E-state index in [-0.39, 0.29) is 0 Å². The van der Waals surface area contributed by atoms with Crippen LogP contribution in [0.1, 0.15) is 19.0 Å². The Balaban J connectivity index is 2.34. The molecule has 18 heavy (non-hydrogen) atoms. The minimum absolute atomic E-state index is 0.430. The molecule has 98 valence electrons. The number of hydrogen-bond acceptors (Lipinski definition) is 3. The number of nitrogens with one attached hydrogen (secondary N) is 2. The Bertz CT molecular complexity index is 406. The summed E-state index contributed by atoms with van der Waals surface area (Å²) in [6.45, 7) is 3.76. The number of guanidine groups is 1. The Morgan fingerprint density at radius 3 is 3.11 bits per heavy atom. The SMILES string of the molecule is CCC[N+](CCSCc1cc[nH]n1)=C(N)NC#N. The summed E-state index contributed by atoms with van der Waals surface area (Å²) in [5.74, 6) is 2.26. The summed E-state index contributed by atoms with van der Waals surface area (Å²) >= 11 is 1.80. The highest BCUT2D eigenvalue weighted by Crippen LogP contribution is 2.08. The molecule has 4 N–H and O–H groups in total. The molecule has 1 aromatic rings. The van der Waals surface area contributed by atoms with E-state index in [0.29, 0.717) is 5.96 Å². The standard InChI is InChI=1S/C11H18N6S/c1-2-5-17(11(13)14-9-12)6-7-18-8-10-3-4-15-16-10/h3-4H,2,5-8H2,1H3,(H3,13,14,15,16)/p+1. The maximum atomic E-state index is 8.54. The zero-order chi connectivity index (χ0) is 13.2. The Morgan fingerprint density at radius 2 is 2.50 bits per heavy atom. The van der Waals surface area contributed by atoms with Crippen molar-refractivity contribution in [2.75, 3.05) is 18.8 Å². The summed E-state index contributed by atoms with van der Waals surface area (Å²) in [5.41, 5.74) is 6.82. The highest BCUT2D eigenvalue weighted by atomic mass is 32.2. The fourth-order valence-corrected chi connectivity index (χ4v) is 2.35. The van der Waals surface area contributed by atoms with Crippen LogP contribution in [-0.2, 0) is 5.75 Å². The van der Waals surface area contributed by atoms with E-state index in [2.05, 4.69) is 22.4 Å². The first kappa shape index (κ1) is 14.4. The first-order valence-electron chi connectivity index (χ1n) is 5.86. The summed E-state index contributed by atoms with van der Waals surface area (Å²) in [6, 6.07) is 1.97. The molecule has 7 heteroatoms. The van der Waals surface area contributed by atoms with Gasteiger partial charge in [0.05, 0.1) is 18.8 Å². The fourth-order valence-electron chi connectivity index (χ4n) is 1.48. The number of rotatable bonds is 7. The summed E-state index contributed by atoms with van der Waals surface area (Å²) in [4.78, 5) is 0. The summed E-state index contributed by atoms with van der Waals surface area (Å²) in [7, 11) is 0. The molecular weight excluding hydrogens is 248 g/mol. The van der Waals surface area contributed by atoms with Gasteiger partial charge in [-0.05, 0) is 12.5 Å². The zero-order valence-corrected chi connectivity index (χ0v) is 11.3. The molecule has 0 radical (unpaired) electrons. The molecule has 0 saturated heterocycles. The molecule has 0 amide bonds. The van der Waals surface area contributed by atoms with E-state index < -0.39 is 0 Å². The van der Waals surface area contributed by atoms with E-state index >= 15 is 0 Å². The third kappa shape index (κ3) is 5.10. The lowest BCUT2D eigenvalue weighted by atomic mass is 10.4. The lowest BCUT2D eigenvalue weighted by Gasteiger charge is -2.08. The van der Waals surface area contributed by atoms with Gasteiger partial charge in [0, 0.05) is 17.7 Å². The van der Waals surface area contributed by atoms with E-state index in [4.69, 9.17) is 11.0 Å². The second kappa shape index (κ2) is 8.42. The highest BCUT2D eigenvalue weighted by Gasteiger charge is 2.07. The van der Waals surface area contributed by atoms with Gasteiger partial charge in [0.1, 0.15) is 0 Å². The molecule has 0 unspecified atom stereocenters. The van der Waals surface area contributed by atoms with Gasteiger partial charge in [0.2, 0.25) is 0 Å². The Labute approximate surface area is 111 Å².